The number of aryl methyl sites for hydroxylation is 2. The van der Waals surface area contributed by atoms with E-state index in [0.29, 0.717) is 11.8 Å². The van der Waals surface area contributed by atoms with Crippen LogP contribution in [0.2, 0.25) is 0 Å². The third kappa shape index (κ3) is 3.82. The lowest BCUT2D eigenvalue weighted by atomic mass is 9.91. The van der Waals surface area contributed by atoms with E-state index in [-0.39, 0.29) is 0 Å². The van der Waals surface area contributed by atoms with Crippen molar-refractivity contribution in [2.75, 3.05) is 13.1 Å². The summed E-state index contributed by atoms with van der Waals surface area (Å²) in [7, 11) is 0. The van der Waals surface area contributed by atoms with E-state index in [9.17, 15) is 0 Å². The minimum Gasteiger partial charge on any atom is -0.317 e. The molecular formula is C14H26BrN3. The third-order valence-electron chi connectivity index (χ3n) is 3.66. The van der Waals surface area contributed by atoms with Crippen LogP contribution in [-0.4, -0.2) is 22.9 Å². The van der Waals surface area contributed by atoms with Gasteiger partial charge in [0.25, 0.3) is 0 Å². The normalized spacial score (nSPS) is 14.8. The molecule has 1 heterocycles. The van der Waals surface area contributed by atoms with Crippen LogP contribution >= 0.6 is 15.9 Å². The Kier molecular flexibility index (Phi) is 6.36. The Morgan fingerprint density at radius 1 is 1.28 bits per heavy atom. The van der Waals surface area contributed by atoms with Gasteiger partial charge < -0.3 is 5.32 Å². The van der Waals surface area contributed by atoms with Crippen LogP contribution in [-0.2, 0) is 13.0 Å². The van der Waals surface area contributed by atoms with Gasteiger partial charge in [-0.15, -0.1) is 0 Å². The lowest BCUT2D eigenvalue weighted by Gasteiger charge is -2.20. The number of hydrogen-bond donors (Lipinski definition) is 1. The van der Waals surface area contributed by atoms with Crippen molar-refractivity contribution in [2.24, 2.45) is 11.8 Å². The van der Waals surface area contributed by atoms with Crippen LogP contribution in [0.1, 0.15) is 39.1 Å². The molecule has 1 N–H and O–H groups in total. The zero-order chi connectivity index (χ0) is 13.7. The molecule has 0 spiro atoms. The van der Waals surface area contributed by atoms with E-state index < -0.39 is 0 Å². The number of aromatic nitrogens is 2. The van der Waals surface area contributed by atoms with Gasteiger partial charge in [-0.3, -0.25) is 4.68 Å². The maximum absolute atomic E-state index is 4.56. The van der Waals surface area contributed by atoms with Crippen molar-refractivity contribution in [1.29, 1.82) is 0 Å². The number of nitrogens with one attached hydrogen (secondary N) is 1. The smallest absolute Gasteiger partial charge is 0.0738 e. The molecule has 2 atom stereocenters. The lowest BCUT2D eigenvalue weighted by Crippen LogP contribution is -2.26. The van der Waals surface area contributed by atoms with Crippen LogP contribution in [0, 0.1) is 18.8 Å². The van der Waals surface area contributed by atoms with Gasteiger partial charge in [0.1, 0.15) is 0 Å². The van der Waals surface area contributed by atoms with Gasteiger partial charge in [-0.2, -0.15) is 5.10 Å². The average molecular weight is 316 g/mol. The van der Waals surface area contributed by atoms with Crippen LogP contribution in [0.5, 0.6) is 0 Å². The second-order valence-electron chi connectivity index (χ2n) is 5.13. The van der Waals surface area contributed by atoms with Crippen molar-refractivity contribution >= 4 is 15.9 Å². The van der Waals surface area contributed by atoms with Gasteiger partial charge in [-0.25, -0.2) is 0 Å². The molecule has 3 nitrogen and oxygen atoms in total. The van der Waals surface area contributed by atoms with Crippen molar-refractivity contribution in [3.8, 4) is 0 Å². The Hall–Kier alpha value is -0.350. The molecule has 0 saturated heterocycles. The molecule has 0 bridgehead atoms. The molecule has 0 saturated carbocycles. The van der Waals surface area contributed by atoms with E-state index in [2.05, 4.69) is 65.6 Å². The predicted octanol–water partition coefficient (Wildman–Crippen LogP) is 3.40. The van der Waals surface area contributed by atoms with Gasteiger partial charge in [0.2, 0.25) is 0 Å². The number of halogens is 1. The van der Waals surface area contributed by atoms with E-state index in [4.69, 9.17) is 0 Å². The van der Waals surface area contributed by atoms with Crippen LogP contribution in [0.3, 0.4) is 0 Å². The molecular weight excluding hydrogens is 290 g/mol. The topological polar surface area (TPSA) is 29.9 Å². The first-order chi connectivity index (χ1) is 8.51. The standard InChI is InChI=1S/C14H26BrN3/c1-6-16-9-11(4)10(3)8-13-14(15)12(5)17-18(13)7-2/h10-11,16H,6-9H2,1-5H3. The van der Waals surface area contributed by atoms with Crippen molar-refractivity contribution in [3.05, 3.63) is 15.9 Å². The second kappa shape index (κ2) is 7.29. The fraction of sp³-hybridized carbons (Fsp3) is 0.786. The average Bonchev–Trinajstić information content (AvgIpc) is 2.63. The van der Waals surface area contributed by atoms with Crippen molar-refractivity contribution in [1.82, 2.24) is 15.1 Å². The molecule has 0 aliphatic carbocycles. The van der Waals surface area contributed by atoms with Gasteiger partial charge in [0.05, 0.1) is 15.9 Å². The Bertz CT molecular complexity index is 373. The minimum atomic E-state index is 0.654. The van der Waals surface area contributed by atoms with Gasteiger partial charge >= 0.3 is 0 Å². The first-order valence-corrected chi connectivity index (χ1v) is 7.72. The molecule has 0 radical (unpaired) electrons. The summed E-state index contributed by atoms with van der Waals surface area (Å²) in [4.78, 5) is 0. The van der Waals surface area contributed by atoms with E-state index in [1.165, 1.54) is 10.2 Å². The van der Waals surface area contributed by atoms with Crippen molar-refractivity contribution in [2.45, 2.75) is 47.6 Å². The lowest BCUT2D eigenvalue weighted by molar-refractivity contribution is 0.359. The molecule has 0 aliphatic heterocycles. The highest BCUT2D eigenvalue weighted by atomic mass is 79.9. The molecule has 0 aromatic carbocycles. The van der Waals surface area contributed by atoms with E-state index in [0.717, 1.165) is 31.7 Å². The maximum atomic E-state index is 4.56. The summed E-state index contributed by atoms with van der Waals surface area (Å²) in [5.41, 5.74) is 2.43. The highest BCUT2D eigenvalue weighted by Crippen LogP contribution is 2.26. The van der Waals surface area contributed by atoms with E-state index in [1.54, 1.807) is 0 Å². The van der Waals surface area contributed by atoms with Gasteiger partial charge in [-0.05, 0) is 61.1 Å². The quantitative estimate of drug-likeness (QED) is 0.835. The minimum absolute atomic E-state index is 0.654. The first-order valence-electron chi connectivity index (χ1n) is 6.93. The largest absolute Gasteiger partial charge is 0.317 e. The van der Waals surface area contributed by atoms with Crippen molar-refractivity contribution in [3.63, 3.8) is 0 Å². The molecule has 1 aromatic rings. The van der Waals surface area contributed by atoms with Crippen LogP contribution in [0.25, 0.3) is 0 Å². The molecule has 1 aromatic heterocycles. The van der Waals surface area contributed by atoms with E-state index >= 15 is 0 Å². The van der Waals surface area contributed by atoms with Gasteiger partial charge in [-0.1, -0.05) is 20.8 Å². The highest BCUT2D eigenvalue weighted by molar-refractivity contribution is 9.10. The maximum Gasteiger partial charge on any atom is 0.0738 e. The third-order valence-corrected chi connectivity index (χ3v) is 4.69. The zero-order valence-electron chi connectivity index (χ0n) is 12.3. The fourth-order valence-corrected chi connectivity index (χ4v) is 2.59. The molecule has 104 valence electrons. The molecule has 18 heavy (non-hydrogen) atoms. The van der Waals surface area contributed by atoms with E-state index in [1.807, 2.05) is 0 Å². The summed E-state index contributed by atoms with van der Waals surface area (Å²) in [6.45, 7) is 14.1. The predicted molar refractivity (Wildman–Crippen MR) is 80.9 cm³/mol. The second-order valence-corrected chi connectivity index (χ2v) is 5.92. The number of rotatable bonds is 7. The van der Waals surface area contributed by atoms with Crippen LogP contribution in [0.15, 0.2) is 4.47 Å². The first kappa shape index (κ1) is 15.7. The molecule has 4 heteroatoms. The Morgan fingerprint density at radius 2 is 1.94 bits per heavy atom. The van der Waals surface area contributed by atoms with Gasteiger partial charge in [0.15, 0.2) is 0 Å². The summed E-state index contributed by atoms with van der Waals surface area (Å²) in [5, 5.41) is 7.99. The summed E-state index contributed by atoms with van der Waals surface area (Å²) in [6.07, 6.45) is 1.09. The molecule has 1 rings (SSSR count). The molecule has 0 aliphatic rings. The van der Waals surface area contributed by atoms with Crippen LogP contribution in [0.4, 0.5) is 0 Å². The zero-order valence-corrected chi connectivity index (χ0v) is 13.8. The molecule has 0 amide bonds. The summed E-state index contributed by atoms with van der Waals surface area (Å²) < 4.78 is 3.31. The SMILES string of the molecule is CCNCC(C)C(C)Cc1c(Br)c(C)nn1CC. The Labute approximate surface area is 119 Å². The summed E-state index contributed by atoms with van der Waals surface area (Å²) in [6, 6.07) is 0. The van der Waals surface area contributed by atoms with Crippen LogP contribution < -0.4 is 5.32 Å². The molecule has 0 fully saturated rings. The fourth-order valence-electron chi connectivity index (χ4n) is 2.14. The summed E-state index contributed by atoms with van der Waals surface area (Å²) in [5.74, 6) is 1.33. The number of hydrogen-bond acceptors (Lipinski definition) is 2. The highest BCUT2D eigenvalue weighted by Gasteiger charge is 2.18. The monoisotopic (exact) mass is 315 g/mol. The Balaban J connectivity index is 2.71. The Morgan fingerprint density at radius 3 is 2.50 bits per heavy atom. The molecule has 2 unspecified atom stereocenters. The van der Waals surface area contributed by atoms with Crippen molar-refractivity contribution < 1.29 is 0 Å². The number of nitrogens with zero attached hydrogens (tertiary/aromatic N) is 2. The summed E-state index contributed by atoms with van der Waals surface area (Å²) >= 11 is 3.67. The van der Waals surface area contributed by atoms with Gasteiger partial charge in [0, 0.05) is 6.54 Å².